The van der Waals surface area contributed by atoms with Crippen molar-refractivity contribution < 1.29 is 0 Å². The first-order chi connectivity index (χ1) is 8.10. The lowest BCUT2D eigenvalue weighted by atomic mass is 10.2. The monoisotopic (exact) mass is 255 g/mol. The molecule has 0 bridgehead atoms. The Balaban J connectivity index is 2.09. The van der Waals surface area contributed by atoms with Crippen LogP contribution in [-0.4, -0.2) is 47.6 Å². The fourth-order valence-electron chi connectivity index (χ4n) is 2.15. The first-order valence-corrected chi connectivity index (χ1v) is 6.23. The van der Waals surface area contributed by atoms with Crippen LogP contribution in [0.2, 0.25) is 5.15 Å². The highest BCUT2D eigenvalue weighted by Crippen LogP contribution is 2.23. The smallest absolute Gasteiger partial charge is 0.223 e. The van der Waals surface area contributed by atoms with Gasteiger partial charge in [0.2, 0.25) is 5.95 Å². The molecule has 0 radical (unpaired) electrons. The van der Waals surface area contributed by atoms with Crippen molar-refractivity contribution in [1.82, 2.24) is 14.9 Å². The molecule has 94 valence electrons. The Morgan fingerprint density at radius 3 is 3.00 bits per heavy atom. The molecule has 1 aliphatic heterocycles. The van der Waals surface area contributed by atoms with E-state index >= 15 is 0 Å². The van der Waals surface area contributed by atoms with E-state index in [2.05, 4.69) is 33.7 Å². The molecule has 1 aromatic heterocycles. The van der Waals surface area contributed by atoms with E-state index in [4.69, 9.17) is 17.3 Å². The maximum absolute atomic E-state index is 5.89. The number of rotatable bonds is 3. The van der Waals surface area contributed by atoms with Crippen molar-refractivity contribution in [2.75, 3.05) is 37.3 Å². The van der Waals surface area contributed by atoms with Gasteiger partial charge in [0.05, 0.1) is 0 Å². The van der Waals surface area contributed by atoms with E-state index in [1.165, 1.54) is 0 Å². The number of nitrogen functional groups attached to an aromatic ring is 1. The van der Waals surface area contributed by atoms with E-state index in [1.54, 1.807) is 6.07 Å². The van der Waals surface area contributed by atoms with E-state index < -0.39 is 0 Å². The Kier molecular flexibility index (Phi) is 3.69. The predicted molar refractivity (Wildman–Crippen MR) is 70.4 cm³/mol. The molecule has 0 amide bonds. The first-order valence-electron chi connectivity index (χ1n) is 5.85. The molecule has 1 fully saturated rings. The minimum Gasteiger partial charge on any atom is -0.368 e. The molecule has 1 saturated heterocycles. The Hall–Kier alpha value is -1.07. The Morgan fingerprint density at radius 1 is 1.59 bits per heavy atom. The maximum Gasteiger partial charge on any atom is 0.223 e. The summed E-state index contributed by atoms with van der Waals surface area (Å²) in [6, 6.07) is 2.35. The van der Waals surface area contributed by atoms with Crippen molar-refractivity contribution >= 4 is 23.4 Å². The summed E-state index contributed by atoms with van der Waals surface area (Å²) in [6.45, 7) is 5.19. The van der Waals surface area contributed by atoms with Crippen LogP contribution in [0, 0.1) is 0 Å². The molecule has 0 saturated carbocycles. The lowest BCUT2D eigenvalue weighted by Gasteiger charge is -2.23. The lowest BCUT2D eigenvalue weighted by molar-refractivity contribution is 0.272. The Labute approximate surface area is 107 Å². The summed E-state index contributed by atoms with van der Waals surface area (Å²) < 4.78 is 0. The van der Waals surface area contributed by atoms with Gasteiger partial charge in [-0.1, -0.05) is 18.5 Å². The molecule has 1 aliphatic rings. The molecular weight excluding hydrogens is 238 g/mol. The number of halogens is 1. The van der Waals surface area contributed by atoms with E-state index in [-0.39, 0.29) is 5.95 Å². The maximum atomic E-state index is 5.89. The van der Waals surface area contributed by atoms with Crippen molar-refractivity contribution in [2.24, 2.45) is 0 Å². The summed E-state index contributed by atoms with van der Waals surface area (Å²) in [7, 11) is 2.15. The SMILES string of the molecule is CCN(C)C1CCN(c2cc(Cl)nc(N)n2)C1. The molecule has 1 unspecified atom stereocenters. The molecular formula is C11H18ClN5. The molecule has 2 N–H and O–H groups in total. The van der Waals surface area contributed by atoms with Gasteiger partial charge < -0.3 is 15.5 Å². The molecule has 1 atom stereocenters. The van der Waals surface area contributed by atoms with Crippen molar-refractivity contribution in [3.8, 4) is 0 Å². The number of hydrogen-bond acceptors (Lipinski definition) is 5. The highest BCUT2D eigenvalue weighted by molar-refractivity contribution is 6.29. The molecule has 2 rings (SSSR count). The largest absolute Gasteiger partial charge is 0.368 e. The summed E-state index contributed by atoms with van der Waals surface area (Å²) in [4.78, 5) is 12.7. The number of likely N-dealkylation sites (N-methyl/N-ethyl adjacent to an activating group) is 1. The third kappa shape index (κ3) is 2.79. The van der Waals surface area contributed by atoms with Crippen molar-refractivity contribution in [3.63, 3.8) is 0 Å². The van der Waals surface area contributed by atoms with Crippen LogP contribution in [0.4, 0.5) is 11.8 Å². The standard InChI is InChI=1S/C11H18ClN5/c1-3-16(2)8-4-5-17(7-8)10-6-9(12)14-11(13)15-10/h6,8H,3-5,7H2,1-2H3,(H2,13,14,15). The van der Waals surface area contributed by atoms with Crippen LogP contribution in [0.3, 0.4) is 0 Å². The van der Waals surface area contributed by atoms with Gasteiger partial charge in [0.25, 0.3) is 0 Å². The zero-order valence-electron chi connectivity index (χ0n) is 10.2. The fraction of sp³-hybridized carbons (Fsp3) is 0.636. The third-order valence-electron chi connectivity index (χ3n) is 3.31. The highest BCUT2D eigenvalue weighted by atomic mass is 35.5. The molecule has 2 heterocycles. The Morgan fingerprint density at radius 2 is 2.35 bits per heavy atom. The van der Waals surface area contributed by atoms with Crippen LogP contribution in [0.25, 0.3) is 0 Å². The van der Waals surface area contributed by atoms with Crippen LogP contribution in [0.1, 0.15) is 13.3 Å². The highest BCUT2D eigenvalue weighted by Gasteiger charge is 2.26. The minimum absolute atomic E-state index is 0.236. The molecule has 1 aromatic rings. The fourth-order valence-corrected chi connectivity index (χ4v) is 2.34. The van der Waals surface area contributed by atoms with Gasteiger partial charge in [-0.3, -0.25) is 0 Å². The van der Waals surface area contributed by atoms with Crippen LogP contribution < -0.4 is 10.6 Å². The summed E-state index contributed by atoms with van der Waals surface area (Å²) >= 11 is 5.89. The summed E-state index contributed by atoms with van der Waals surface area (Å²) in [5.41, 5.74) is 5.60. The van der Waals surface area contributed by atoms with Crippen LogP contribution in [-0.2, 0) is 0 Å². The van der Waals surface area contributed by atoms with Gasteiger partial charge >= 0.3 is 0 Å². The van der Waals surface area contributed by atoms with Crippen molar-refractivity contribution in [2.45, 2.75) is 19.4 Å². The van der Waals surface area contributed by atoms with E-state index in [0.29, 0.717) is 11.2 Å². The summed E-state index contributed by atoms with van der Waals surface area (Å²) in [6.07, 6.45) is 1.14. The summed E-state index contributed by atoms with van der Waals surface area (Å²) in [5.74, 6) is 1.06. The molecule has 0 spiro atoms. The summed E-state index contributed by atoms with van der Waals surface area (Å²) in [5, 5.41) is 0.403. The third-order valence-corrected chi connectivity index (χ3v) is 3.50. The normalized spacial score (nSPS) is 20.2. The van der Waals surface area contributed by atoms with Crippen LogP contribution in [0.5, 0.6) is 0 Å². The van der Waals surface area contributed by atoms with Crippen molar-refractivity contribution in [3.05, 3.63) is 11.2 Å². The topological polar surface area (TPSA) is 58.3 Å². The Bertz CT molecular complexity index is 377. The second kappa shape index (κ2) is 5.06. The van der Waals surface area contributed by atoms with Gasteiger partial charge in [0, 0.05) is 25.2 Å². The quantitative estimate of drug-likeness (QED) is 0.824. The van der Waals surface area contributed by atoms with Crippen molar-refractivity contribution in [1.29, 1.82) is 0 Å². The lowest BCUT2D eigenvalue weighted by Crippen LogP contribution is -2.34. The molecule has 0 aliphatic carbocycles. The first kappa shape index (κ1) is 12.4. The van der Waals surface area contributed by atoms with Gasteiger partial charge in [0.15, 0.2) is 0 Å². The van der Waals surface area contributed by atoms with E-state index in [9.17, 15) is 0 Å². The molecule has 0 aromatic carbocycles. The van der Waals surface area contributed by atoms with Crippen LogP contribution >= 0.6 is 11.6 Å². The molecule has 17 heavy (non-hydrogen) atoms. The number of hydrogen-bond donors (Lipinski definition) is 1. The van der Waals surface area contributed by atoms with Gasteiger partial charge in [0.1, 0.15) is 11.0 Å². The zero-order valence-corrected chi connectivity index (χ0v) is 11.0. The van der Waals surface area contributed by atoms with Gasteiger partial charge in [-0.25, -0.2) is 4.98 Å². The molecule has 6 heteroatoms. The van der Waals surface area contributed by atoms with E-state index in [1.807, 2.05) is 0 Å². The van der Waals surface area contributed by atoms with Gasteiger partial charge in [-0.2, -0.15) is 4.98 Å². The average Bonchev–Trinajstić information content (AvgIpc) is 2.76. The number of nitrogens with two attached hydrogens (primary N) is 1. The predicted octanol–water partition coefficient (Wildman–Crippen LogP) is 1.24. The second-order valence-electron chi connectivity index (χ2n) is 4.37. The van der Waals surface area contributed by atoms with Crippen LogP contribution in [0.15, 0.2) is 6.07 Å². The average molecular weight is 256 g/mol. The minimum atomic E-state index is 0.236. The number of nitrogens with zero attached hydrogens (tertiary/aromatic N) is 4. The second-order valence-corrected chi connectivity index (χ2v) is 4.76. The number of anilines is 2. The van der Waals surface area contributed by atoms with Gasteiger partial charge in [-0.05, 0) is 20.0 Å². The zero-order chi connectivity index (χ0) is 12.4. The van der Waals surface area contributed by atoms with E-state index in [0.717, 1.165) is 31.9 Å². The van der Waals surface area contributed by atoms with Gasteiger partial charge in [-0.15, -0.1) is 0 Å². The number of aromatic nitrogens is 2. The molecule has 5 nitrogen and oxygen atoms in total.